The zero-order chi connectivity index (χ0) is 18.1. The second kappa shape index (κ2) is 9.67. The van der Waals surface area contributed by atoms with Gasteiger partial charge in [0.25, 0.3) is 0 Å². The molecule has 0 spiro atoms. The van der Waals surface area contributed by atoms with Gasteiger partial charge in [-0.1, -0.05) is 23.9 Å². The van der Waals surface area contributed by atoms with Gasteiger partial charge < -0.3 is 10.6 Å². The van der Waals surface area contributed by atoms with Gasteiger partial charge in [-0.15, -0.1) is 11.3 Å². The fraction of sp³-hybridized carbons (Fsp3) is 0.375. The molecule has 2 aromatic rings. The van der Waals surface area contributed by atoms with E-state index < -0.39 is 11.7 Å². The summed E-state index contributed by atoms with van der Waals surface area (Å²) < 4.78 is 39.2. The minimum absolute atomic E-state index is 0.275. The van der Waals surface area contributed by atoms with E-state index in [0.29, 0.717) is 11.5 Å². The number of halogens is 3. The summed E-state index contributed by atoms with van der Waals surface area (Å²) in [4.78, 5) is 8.27. The quantitative estimate of drug-likeness (QED) is 0.326. The van der Waals surface area contributed by atoms with Crippen molar-refractivity contribution in [2.24, 2.45) is 4.99 Å². The molecule has 9 heteroatoms. The SMILES string of the molecule is CN=C(NCCCSc1nccs1)NCc1cccc(C(F)(F)F)c1. The highest BCUT2D eigenvalue weighted by molar-refractivity contribution is 8.00. The third kappa shape index (κ3) is 6.95. The van der Waals surface area contributed by atoms with Crippen molar-refractivity contribution in [1.82, 2.24) is 15.6 Å². The van der Waals surface area contributed by atoms with E-state index in [4.69, 9.17) is 0 Å². The van der Waals surface area contributed by atoms with Crippen LogP contribution in [0.5, 0.6) is 0 Å². The lowest BCUT2D eigenvalue weighted by Crippen LogP contribution is -2.37. The van der Waals surface area contributed by atoms with Crippen LogP contribution in [0.4, 0.5) is 13.2 Å². The van der Waals surface area contributed by atoms with Crippen molar-refractivity contribution in [3.63, 3.8) is 0 Å². The molecule has 2 N–H and O–H groups in total. The van der Waals surface area contributed by atoms with Gasteiger partial charge in [-0.3, -0.25) is 4.99 Å². The van der Waals surface area contributed by atoms with Crippen LogP contribution < -0.4 is 10.6 Å². The van der Waals surface area contributed by atoms with E-state index in [2.05, 4.69) is 20.6 Å². The Morgan fingerprint density at radius 3 is 2.84 bits per heavy atom. The van der Waals surface area contributed by atoms with Gasteiger partial charge in [0, 0.05) is 37.5 Å². The molecule has 136 valence electrons. The summed E-state index contributed by atoms with van der Waals surface area (Å²) in [6.07, 6.45) is -1.62. The molecule has 1 heterocycles. The van der Waals surface area contributed by atoms with Gasteiger partial charge in [0.15, 0.2) is 5.96 Å². The molecule has 1 aromatic carbocycles. The topological polar surface area (TPSA) is 49.3 Å². The number of hydrogen-bond acceptors (Lipinski definition) is 4. The summed E-state index contributed by atoms with van der Waals surface area (Å²) >= 11 is 3.32. The van der Waals surface area contributed by atoms with Gasteiger partial charge in [0.05, 0.1) is 5.56 Å². The van der Waals surface area contributed by atoms with Crippen LogP contribution in [0, 0.1) is 0 Å². The van der Waals surface area contributed by atoms with Crippen LogP contribution in [0.15, 0.2) is 45.2 Å². The Balaban J connectivity index is 1.71. The number of alkyl halides is 3. The van der Waals surface area contributed by atoms with Crippen molar-refractivity contribution in [3.05, 3.63) is 47.0 Å². The zero-order valence-corrected chi connectivity index (χ0v) is 15.3. The first-order valence-electron chi connectivity index (χ1n) is 7.62. The molecular formula is C16H19F3N4S2. The molecule has 0 saturated heterocycles. The number of thiazole rings is 1. The van der Waals surface area contributed by atoms with Crippen molar-refractivity contribution in [2.75, 3.05) is 19.3 Å². The number of nitrogens with zero attached hydrogens (tertiary/aromatic N) is 2. The lowest BCUT2D eigenvalue weighted by molar-refractivity contribution is -0.137. The lowest BCUT2D eigenvalue weighted by atomic mass is 10.1. The van der Waals surface area contributed by atoms with E-state index in [1.807, 2.05) is 5.38 Å². The minimum Gasteiger partial charge on any atom is -0.356 e. The molecule has 0 saturated carbocycles. The maximum atomic E-state index is 12.7. The van der Waals surface area contributed by atoms with E-state index in [1.165, 1.54) is 6.07 Å². The smallest absolute Gasteiger partial charge is 0.356 e. The highest BCUT2D eigenvalue weighted by Crippen LogP contribution is 2.29. The van der Waals surface area contributed by atoms with Crippen LogP contribution in [0.1, 0.15) is 17.5 Å². The monoisotopic (exact) mass is 388 g/mol. The molecule has 0 amide bonds. The minimum atomic E-state index is -4.33. The molecule has 0 bridgehead atoms. The van der Waals surface area contributed by atoms with E-state index in [0.717, 1.165) is 35.2 Å². The van der Waals surface area contributed by atoms with Gasteiger partial charge >= 0.3 is 6.18 Å². The van der Waals surface area contributed by atoms with Crippen molar-refractivity contribution < 1.29 is 13.2 Å². The molecule has 0 aliphatic rings. The van der Waals surface area contributed by atoms with Gasteiger partial charge in [0.1, 0.15) is 4.34 Å². The van der Waals surface area contributed by atoms with Crippen LogP contribution in [0.3, 0.4) is 0 Å². The largest absolute Gasteiger partial charge is 0.416 e. The van der Waals surface area contributed by atoms with E-state index in [9.17, 15) is 13.2 Å². The number of guanidine groups is 1. The summed E-state index contributed by atoms with van der Waals surface area (Å²) in [5.74, 6) is 1.50. The van der Waals surface area contributed by atoms with Gasteiger partial charge in [-0.25, -0.2) is 4.98 Å². The molecule has 0 radical (unpaired) electrons. The first-order chi connectivity index (χ1) is 12.0. The Bertz CT molecular complexity index is 672. The molecule has 0 unspecified atom stereocenters. The molecule has 0 aliphatic carbocycles. The maximum Gasteiger partial charge on any atom is 0.416 e. The Morgan fingerprint density at radius 2 is 2.16 bits per heavy atom. The molecular weight excluding hydrogens is 369 g/mol. The van der Waals surface area contributed by atoms with Crippen LogP contribution in [-0.2, 0) is 12.7 Å². The first kappa shape index (κ1) is 19.6. The van der Waals surface area contributed by atoms with Crippen LogP contribution in [0.2, 0.25) is 0 Å². The third-order valence-corrected chi connectivity index (χ3v) is 5.24. The standard InChI is InChI=1S/C16H19F3N4S2/c1-20-14(21-6-3-8-24-15-22-7-9-25-15)23-11-12-4-2-5-13(10-12)16(17,18)19/h2,4-5,7,9-10H,3,6,8,11H2,1H3,(H2,20,21,23). The van der Waals surface area contributed by atoms with Crippen molar-refractivity contribution >= 4 is 29.1 Å². The van der Waals surface area contributed by atoms with Crippen LogP contribution >= 0.6 is 23.1 Å². The fourth-order valence-corrected chi connectivity index (χ4v) is 3.63. The zero-order valence-electron chi connectivity index (χ0n) is 13.6. The molecule has 4 nitrogen and oxygen atoms in total. The number of nitrogens with one attached hydrogen (secondary N) is 2. The molecule has 0 aliphatic heterocycles. The predicted octanol–water partition coefficient (Wildman–Crippen LogP) is 4.01. The predicted molar refractivity (Wildman–Crippen MR) is 97.1 cm³/mol. The highest BCUT2D eigenvalue weighted by Gasteiger charge is 2.30. The van der Waals surface area contributed by atoms with Crippen LogP contribution in [-0.4, -0.2) is 30.3 Å². The summed E-state index contributed by atoms with van der Waals surface area (Å²) in [7, 11) is 1.63. The fourth-order valence-electron chi connectivity index (χ4n) is 1.98. The Labute approximate surface area is 153 Å². The van der Waals surface area contributed by atoms with Gasteiger partial charge in [0.2, 0.25) is 0 Å². The second-order valence-electron chi connectivity index (χ2n) is 5.05. The summed E-state index contributed by atoms with van der Waals surface area (Å²) in [6, 6.07) is 5.27. The third-order valence-electron chi connectivity index (χ3n) is 3.19. The van der Waals surface area contributed by atoms with Crippen LogP contribution in [0.25, 0.3) is 0 Å². The Kier molecular flexibility index (Phi) is 7.57. The summed E-state index contributed by atoms with van der Waals surface area (Å²) in [6.45, 7) is 0.998. The Morgan fingerprint density at radius 1 is 1.32 bits per heavy atom. The number of benzene rings is 1. The number of aromatic nitrogens is 1. The summed E-state index contributed by atoms with van der Waals surface area (Å²) in [5, 5.41) is 8.12. The highest BCUT2D eigenvalue weighted by atomic mass is 32.2. The first-order valence-corrected chi connectivity index (χ1v) is 9.48. The van der Waals surface area contributed by atoms with Gasteiger partial charge in [-0.05, 0) is 24.1 Å². The van der Waals surface area contributed by atoms with Crippen molar-refractivity contribution in [1.29, 1.82) is 0 Å². The molecule has 0 fully saturated rings. The van der Waals surface area contributed by atoms with Gasteiger partial charge in [-0.2, -0.15) is 13.2 Å². The number of hydrogen-bond donors (Lipinski definition) is 2. The average molecular weight is 388 g/mol. The number of aliphatic imine (C=N–C) groups is 1. The average Bonchev–Trinajstić information content (AvgIpc) is 3.10. The molecule has 1 aromatic heterocycles. The Hall–Kier alpha value is -1.74. The van der Waals surface area contributed by atoms with E-state index in [-0.39, 0.29) is 6.54 Å². The maximum absolute atomic E-state index is 12.7. The van der Waals surface area contributed by atoms with E-state index >= 15 is 0 Å². The molecule has 0 atom stereocenters. The molecule has 25 heavy (non-hydrogen) atoms. The second-order valence-corrected chi connectivity index (χ2v) is 7.29. The molecule has 2 rings (SSSR count). The number of thioether (sulfide) groups is 1. The summed E-state index contributed by atoms with van der Waals surface area (Å²) in [5.41, 5.74) is -0.0916. The number of rotatable bonds is 7. The van der Waals surface area contributed by atoms with Crippen molar-refractivity contribution in [3.8, 4) is 0 Å². The normalized spacial score (nSPS) is 12.2. The van der Waals surface area contributed by atoms with Crippen molar-refractivity contribution in [2.45, 2.75) is 23.5 Å². The lowest BCUT2D eigenvalue weighted by Gasteiger charge is -2.13. The van der Waals surface area contributed by atoms with E-state index in [1.54, 1.807) is 42.4 Å².